The molecule has 2 aromatic carbocycles. The fraction of sp³-hybridized carbons (Fsp3) is 0.483. The lowest BCUT2D eigenvalue weighted by Gasteiger charge is -2.10. The molecule has 0 aliphatic carbocycles. The number of benzene rings is 2. The van der Waals surface area contributed by atoms with Crippen LogP contribution < -0.4 is 10.9 Å². The van der Waals surface area contributed by atoms with Gasteiger partial charge in [0.05, 0.1) is 51.0 Å². The Balaban J connectivity index is 0.00000496. The van der Waals surface area contributed by atoms with Gasteiger partial charge in [0.25, 0.3) is 5.09 Å². The van der Waals surface area contributed by atoms with Crippen molar-refractivity contribution in [3.05, 3.63) is 69.0 Å². The molecule has 16 heteroatoms. The van der Waals surface area contributed by atoms with Crippen LogP contribution in [0.15, 0.2) is 51.3 Å². The zero-order valence-corrected chi connectivity index (χ0v) is 26.8. The minimum Gasteiger partial charge on any atom is -0.457 e. The molecule has 2 rings (SSSR count). The molecule has 2 aromatic rings. The summed E-state index contributed by atoms with van der Waals surface area (Å²) in [5.41, 5.74) is 8.88. The Hall–Kier alpha value is -3.83. The highest BCUT2D eigenvalue weighted by atomic mass is 32.2. The molecule has 0 aromatic heterocycles. The second-order valence-electron chi connectivity index (χ2n) is 8.95. The van der Waals surface area contributed by atoms with Crippen LogP contribution in [0.5, 0.6) is 0 Å². The van der Waals surface area contributed by atoms with E-state index in [1.807, 2.05) is 45.9 Å². The molecule has 0 saturated carbocycles. The highest BCUT2D eigenvalue weighted by molar-refractivity contribution is 7.82. The van der Waals surface area contributed by atoms with Crippen molar-refractivity contribution in [1.82, 2.24) is 0 Å². The van der Waals surface area contributed by atoms with Gasteiger partial charge in [0.2, 0.25) is 0 Å². The first-order chi connectivity index (χ1) is 21.5. The molecule has 0 bridgehead atoms. The van der Waals surface area contributed by atoms with Gasteiger partial charge in [-0.25, -0.2) is 23.7 Å². The fourth-order valence-corrected chi connectivity index (χ4v) is 3.82. The molecule has 0 saturated heterocycles. The highest BCUT2D eigenvalue weighted by Gasteiger charge is 2.11. The molecule has 0 amide bonds. The van der Waals surface area contributed by atoms with Crippen LogP contribution in [-0.4, -0.2) is 79.8 Å². The van der Waals surface area contributed by atoms with E-state index in [-0.39, 0.29) is 88.0 Å². The van der Waals surface area contributed by atoms with Gasteiger partial charge in [0.1, 0.15) is 47.4 Å². The first-order valence-corrected chi connectivity index (χ1v) is 15.3. The normalized spacial score (nSPS) is 12.2. The van der Waals surface area contributed by atoms with Crippen molar-refractivity contribution >= 4 is 34.3 Å². The SMILES string of the molecule is CC.Cc1ccc(C)c(CC(N=C(N)COC(=O)CCOCCOCCOCCO[N+](=O)[O-])=Nc2ccc(S(N)=O)cc2F)c1. The first-order valence-electron chi connectivity index (χ1n) is 14.1. The van der Waals surface area contributed by atoms with E-state index in [2.05, 4.69) is 14.8 Å². The summed E-state index contributed by atoms with van der Waals surface area (Å²) in [5.74, 6) is -1.15. The van der Waals surface area contributed by atoms with E-state index >= 15 is 0 Å². The van der Waals surface area contributed by atoms with Crippen molar-refractivity contribution in [2.75, 3.05) is 52.9 Å². The summed E-state index contributed by atoms with van der Waals surface area (Å²) in [7, 11) is -1.85. The maximum absolute atomic E-state index is 14.7. The summed E-state index contributed by atoms with van der Waals surface area (Å²) in [6.07, 6.45) is 0.195. The van der Waals surface area contributed by atoms with E-state index in [0.29, 0.717) is 0 Å². The third-order valence-corrected chi connectivity index (χ3v) is 6.25. The average Bonchev–Trinajstić information content (AvgIpc) is 3.00. The monoisotopic (exact) mass is 655 g/mol. The Morgan fingerprint density at radius 1 is 0.978 bits per heavy atom. The molecule has 0 aliphatic heterocycles. The minimum absolute atomic E-state index is 0.0314. The van der Waals surface area contributed by atoms with Gasteiger partial charge in [-0.05, 0) is 43.2 Å². The Kier molecular flexibility index (Phi) is 19.7. The van der Waals surface area contributed by atoms with Crippen molar-refractivity contribution in [1.29, 1.82) is 0 Å². The van der Waals surface area contributed by atoms with Crippen molar-refractivity contribution in [3.8, 4) is 0 Å². The fourth-order valence-electron chi connectivity index (χ4n) is 3.40. The second-order valence-corrected chi connectivity index (χ2v) is 10.0. The summed E-state index contributed by atoms with van der Waals surface area (Å²) in [6.45, 7) is 8.58. The van der Waals surface area contributed by atoms with Crippen molar-refractivity contribution in [3.63, 3.8) is 0 Å². The zero-order valence-electron chi connectivity index (χ0n) is 26.0. The molecule has 0 spiro atoms. The molecular weight excluding hydrogens is 613 g/mol. The largest absolute Gasteiger partial charge is 0.457 e. The Labute approximate surface area is 264 Å². The number of halogens is 1. The predicted molar refractivity (Wildman–Crippen MR) is 168 cm³/mol. The van der Waals surface area contributed by atoms with Gasteiger partial charge in [-0.2, -0.15) is 0 Å². The van der Waals surface area contributed by atoms with E-state index in [1.54, 1.807) is 0 Å². The number of carbonyl (C=O) groups is 1. The number of ether oxygens (including phenoxy) is 4. The topological polar surface area (TPSA) is 200 Å². The van der Waals surface area contributed by atoms with Gasteiger partial charge in [0.15, 0.2) is 0 Å². The van der Waals surface area contributed by atoms with E-state index in [1.165, 1.54) is 12.1 Å². The molecular formula is C29H42FN5O9S. The second kappa shape index (κ2) is 22.6. The standard InChI is InChI=1S/C27H36FN5O9S.C2H6/c1-19-3-4-20(2)21(15-19)16-26(31-24-6-5-22(43(30)37)17-23(24)28)32-25(29)18-41-27(34)7-8-38-9-10-39-11-12-40-13-14-42-33(35)36;1-2/h3-6,15,17H,7-14,16,18,30H2,1-2H3,(H2,29,31,32);1-2H3. The molecule has 4 N–H and O–H groups in total. The molecule has 250 valence electrons. The first kappa shape index (κ1) is 39.2. The number of esters is 1. The number of hydrogen-bond donors (Lipinski definition) is 2. The van der Waals surface area contributed by atoms with Crippen molar-refractivity contribution < 1.29 is 42.3 Å². The summed E-state index contributed by atoms with van der Waals surface area (Å²) >= 11 is 0. The van der Waals surface area contributed by atoms with Gasteiger partial charge in [-0.15, -0.1) is 10.1 Å². The third kappa shape index (κ3) is 17.3. The van der Waals surface area contributed by atoms with Gasteiger partial charge < -0.3 is 29.5 Å². The molecule has 1 unspecified atom stereocenters. The van der Waals surface area contributed by atoms with E-state index in [9.17, 15) is 23.5 Å². The Morgan fingerprint density at radius 2 is 1.60 bits per heavy atom. The molecule has 1 atom stereocenters. The highest BCUT2D eigenvalue weighted by Crippen LogP contribution is 2.22. The summed E-state index contributed by atoms with van der Waals surface area (Å²) in [4.78, 5) is 34.9. The summed E-state index contributed by atoms with van der Waals surface area (Å²) in [5, 5.41) is 14.4. The minimum atomic E-state index is -1.85. The number of amidine groups is 2. The van der Waals surface area contributed by atoms with E-state index < -0.39 is 27.9 Å². The van der Waals surface area contributed by atoms with Gasteiger partial charge in [-0.1, -0.05) is 37.6 Å². The van der Waals surface area contributed by atoms with E-state index in [4.69, 9.17) is 29.8 Å². The van der Waals surface area contributed by atoms with Crippen LogP contribution in [0.1, 0.15) is 37.0 Å². The third-order valence-electron chi connectivity index (χ3n) is 5.53. The summed E-state index contributed by atoms with van der Waals surface area (Å²) < 4.78 is 47.0. The van der Waals surface area contributed by atoms with Crippen LogP contribution in [0.4, 0.5) is 10.1 Å². The lowest BCUT2D eigenvalue weighted by atomic mass is 10.0. The number of nitrogens with two attached hydrogens (primary N) is 2. The Morgan fingerprint density at radius 3 is 2.20 bits per heavy atom. The predicted octanol–water partition coefficient (Wildman–Crippen LogP) is 3.27. The maximum atomic E-state index is 14.7. The van der Waals surface area contributed by atoms with E-state index in [0.717, 1.165) is 22.8 Å². The molecule has 0 aliphatic rings. The summed E-state index contributed by atoms with van der Waals surface area (Å²) in [6, 6.07) is 9.68. The quantitative estimate of drug-likeness (QED) is 0.0565. The number of aliphatic imine (C=N–C) groups is 2. The number of nitrogens with zero attached hydrogens (tertiary/aromatic N) is 3. The molecule has 0 fully saturated rings. The van der Waals surface area contributed by atoms with Crippen molar-refractivity contribution in [2.45, 2.75) is 45.4 Å². The van der Waals surface area contributed by atoms with Gasteiger partial charge in [0, 0.05) is 6.42 Å². The van der Waals surface area contributed by atoms with Crippen LogP contribution in [0.25, 0.3) is 0 Å². The lowest BCUT2D eigenvalue weighted by Crippen LogP contribution is -2.24. The lowest BCUT2D eigenvalue weighted by molar-refractivity contribution is -0.758. The molecule has 45 heavy (non-hydrogen) atoms. The van der Waals surface area contributed by atoms with Crippen LogP contribution in [-0.2, 0) is 46.0 Å². The van der Waals surface area contributed by atoms with Crippen molar-refractivity contribution in [2.24, 2.45) is 20.9 Å². The number of carbonyl (C=O) groups excluding carboxylic acids is 1. The van der Waals surface area contributed by atoms with Crippen LogP contribution in [0.3, 0.4) is 0 Å². The van der Waals surface area contributed by atoms with Crippen LogP contribution in [0.2, 0.25) is 0 Å². The molecule has 0 radical (unpaired) electrons. The smallest absolute Gasteiger partial charge is 0.308 e. The maximum Gasteiger partial charge on any atom is 0.308 e. The average molecular weight is 656 g/mol. The molecule has 14 nitrogen and oxygen atoms in total. The number of rotatable bonds is 19. The molecule has 0 heterocycles. The van der Waals surface area contributed by atoms with Crippen LogP contribution >= 0.6 is 0 Å². The van der Waals surface area contributed by atoms with Gasteiger partial charge >= 0.3 is 5.97 Å². The number of hydrogen-bond acceptors (Lipinski definition) is 10. The van der Waals surface area contributed by atoms with Gasteiger partial charge in [-0.3, -0.25) is 4.79 Å². The zero-order chi connectivity index (χ0) is 33.6. The van der Waals surface area contributed by atoms with Crippen LogP contribution in [0, 0.1) is 29.8 Å². The number of aryl methyl sites for hydroxylation is 2. The Bertz CT molecular complexity index is 1310.